The monoisotopic (exact) mass is 363 g/mol. The molecule has 27 heavy (non-hydrogen) atoms. The maximum absolute atomic E-state index is 13.6. The number of para-hydroxylation sites is 1. The number of urea groups is 1. The highest BCUT2D eigenvalue weighted by molar-refractivity contribution is 5.93. The van der Waals surface area contributed by atoms with Gasteiger partial charge in [0.15, 0.2) is 0 Å². The molecule has 0 unspecified atom stereocenters. The van der Waals surface area contributed by atoms with Gasteiger partial charge in [0.25, 0.3) is 0 Å². The number of carbonyl (C=O) groups excluding carboxylic acids is 1. The molecule has 4 rings (SSSR count). The van der Waals surface area contributed by atoms with E-state index in [0.29, 0.717) is 31.6 Å². The van der Waals surface area contributed by atoms with Crippen LogP contribution in [0.3, 0.4) is 0 Å². The van der Waals surface area contributed by atoms with Crippen molar-refractivity contribution in [1.29, 1.82) is 0 Å². The molecule has 0 fully saturated rings. The van der Waals surface area contributed by atoms with Gasteiger partial charge < -0.3 is 15.2 Å². The minimum Gasteiger partial charge on any atom is -0.361 e. The fraction of sp³-hybridized carbons (Fsp3) is 0.227. The Morgan fingerprint density at radius 3 is 2.78 bits per heavy atom. The number of fused-ring (bicyclic) bond motifs is 1. The van der Waals surface area contributed by atoms with Crippen molar-refractivity contribution in [1.82, 2.24) is 15.2 Å². The Morgan fingerprint density at radius 2 is 1.96 bits per heavy atom. The van der Waals surface area contributed by atoms with Gasteiger partial charge in [-0.15, -0.1) is 0 Å². The molecule has 0 saturated heterocycles. The highest BCUT2D eigenvalue weighted by atomic mass is 19.1. The normalized spacial score (nSPS) is 14.3. The van der Waals surface area contributed by atoms with E-state index in [1.807, 2.05) is 24.4 Å². The predicted molar refractivity (Wildman–Crippen MR) is 106 cm³/mol. The highest BCUT2D eigenvalue weighted by Crippen LogP contribution is 2.29. The van der Waals surface area contributed by atoms with Crippen LogP contribution in [0.1, 0.15) is 17.5 Å². The summed E-state index contributed by atoms with van der Waals surface area (Å²) >= 11 is 0. The van der Waals surface area contributed by atoms with E-state index in [4.69, 9.17) is 0 Å². The van der Waals surface area contributed by atoms with Gasteiger partial charge in [0.2, 0.25) is 0 Å². The molecule has 0 aliphatic carbocycles. The number of nitrogens with one attached hydrogen (secondary N) is 2. The van der Waals surface area contributed by atoms with Crippen molar-refractivity contribution in [2.75, 3.05) is 19.6 Å². The van der Waals surface area contributed by atoms with Crippen molar-refractivity contribution in [3.05, 3.63) is 77.7 Å². The van der Waals surface area contributed by atoms with Crippen LogP contribution in [0, 0.1) is 5.82 Å². The van der Waals surface area contributed by atoms with Crippen LogP contribution in [0.25, 0.3) is 16.5 Å². The predicted octanol–water partition coefficient (Wildman–Crippen LogP) is 4.35. The lowest BCUT2D eigenvalue weighted by Gasteiger charge is -2.26. The Hall–Kier alpha value is -3.08. The smallest absolute Gasteiger partial charge is 0.317 e. The number of hydrogen-bond donors (Lipinski definition) is 2. The van der Waals surface area contributed by atoms with Gasteiger partial charge in [0.05, 0.1) is 0 Å². The van der Waals surface area contributed by atoms with Gasteiger partial charge in [-0.25, -0.2) is 9.18 Å². The Balaban J connectivity index is 1.34. The molecule has 0 radical (unpaired) electrons. The molecule has 0 bridgehead atoms. The first kappa shape index (κ1) is 17.3. The SMILES string of the molecule is O=C(NCCc1ccccc1F)N1CC=C(c2c[nH]c3ccccc23)CC1. The Morgan fingerprint density at radius 1 is 1.15 bits per heavy atom. The number of H-pyrrole nitrogens is 1. The summed E-state index contributed by atoms with van der Waals surface area (Å²) in [6.07, 6.45) is 5.47. The molecule has 4 nitrogen and oxygen atoms in total. The summed E-state index contributed by atoms with van der Waals surface area (Å²) in [4.78, 5) is 17.5. The van der Waals surface area contributed by atoms with Crippen molar-refractivity contribution in [2.45, 2.75) is 12.8 Å². The molecule has 2 N–H and O–H groups in total. The van der Waals surface area contributed by atoms with E-state index in [-0.39, 0.29) is 11.8 Å². The quantitative estimate of drug-likeness (QED) is 0.711. The summed E-state index contributed by atoms with van der Waals surface area (Å²) in [5, 5.41) is 4.11. The molecule has 1 aliphatic rings. The van der Waals surface area contributed by atoms with E-state index in [1.54, 1.807) is 17.0 Å². The molecule has 5 heteroatoms. The van der Waals surface area contributed by atoms with Crippen LogP contribution in [0.4, 0.5) is 9.18 Å². The fourth-order valence-electron chi connectivity index (χ4n) is 3.55. The van der Waals surface area contributed by atoms with E-state index in [2.05, 4.69) is 28.5 Å². The highest BCUT2D eigenvalue weighted by Gasteiger charge is 2.19. The first-order valence-corrected chi connectivity index (χ1v) is 9.24. The summed E-state index contributed by atoms with van der Waals surface area (Å²) in [6.45, 7) is 1.69. The summed E-state index contributed by atoms with van der Waals surface area (Å²) in [6, 6.07) is 14.8. The number of benzene rings is 2. The van der Waals surface area contributed by atoms with Gasteiger partial charge in [0, 0.05) is 42.3 Å². The zero-order valence-electron chi connectivity index (χ0n) is 15.0. The van der Waals surface area contributed by atoms with Crippen molar-refractivity contribution < 1.29 is 9.18 Å². The molecule has 1 aromatic heterocycles. The zero-order chi connectivity index (χ0) is 18.6. The molecular formula is C22H22FN3O. The molecule has 1 aliphatic heterocycles. The second-order valence-corrected chi connectivity index (χ2v) is 6.75. The van der Waals surface area contributed by atoms with Crippen LogP contribution in [0.15, 0.2) is 60.8 Å². The van der Waals surface area contributed by atoms with Crippen molar-refractivity contribution in [3.8, 4) is 0 Å². The Bertz CT molecular complexity index is 992. The van der Waals surface area contributed by atoms with Crippen molar-refractivity contribution in [3.63, 3.8) is 0 Å². The largest absolute Gasteiger partial charge is 0.361 e. The van der Waals surface area contributed by atoms with E-state index in [9.17, 15) is 9.18 Å². The van der Waals surface area contributed by atoms with Gasteiger partial charge in [-0.05, 0) is 36.1 Å². The van der Waals surface area contributed by atoms with Crippen molar-refractivity contribution in [2.24, 2.45) is 0 Å². The summed E-state index contributed by atoms with van der Waals surface area (Å²) < 4.78 is 13.6. The Kier molecular flexibility index (Phi) is 4.92. The summed E-state index contributed by atoms with van der Waals surface area (Å²) in [7, 11) is 0. The average Bonchev–Trinajstić information content (AvgIpc) is 3.14. The number of halogens is 1. The molecule has 0 spiro atoms. The minimum atomic E-state index is -0.226. The van der Waals surface area contributed by atoms with Gasteiger partial charge in [-0.1, -0.05) is 42.5 Å². The average molecular weight is 363 g/mol. The van der Waals surface area contributed by atoms with E-state index < -0.39 is 0 Å². The maximum Gasteiger partial charge on any atom is 0.317 e. The van der Waals surface area contributed by atoms with Crippen LogP contribution >= 0.6 is 0 Å². The van der Waals surface area contributed by atoms with Crippen LogP contribution < -0.4 is 5.32 Å². The lowest BCUT2D eigenvalue weighted by Crippen LogP contribution is -2.42. The van der Waals surface area contributed by atoms with E-state index >= 15 is 0 Å². The molecule has 2 aromatic carbocycles. The maximum atomic E-state index is 13.6. The molecule has 138 valence electrons. The lowest BCUT2D eigenvalue weighted by molar-refractivity contribution is 0.203. The first-order valence-electron chi connectivity index (χ1n) is 9.24. The third-order valence-corrected chi connectivity index (χ3v) is 5.06. The molecule has 2 amide bonds. The minimum absolute atomic E-state index is 0.0967. The lowest BCUT2D eigenvalue weighted by atomic mass is 9.99. The molecule has 2 heterocycles. The third kappa shape index (κ3) is 3.72. The Labute approximate surface area is 157 Å². The molecule has 0 atom stereocenters. The number of carbonyl (C=O) groups is 1. The van der Waals surface area contributed by atoms with Gasteiger partial charge in [0.1, 0.15) is 5.82 Å². The van der Waals surface area contributed by atoms with Gasteiger partial charge in [-0.2, -0.15) is 0 Å². The van der Waals surface area contributed by atoms with Gasteiger partial charge >= 0.3 is 6.03 Å². The number of amides is 2. The topological polar surface area (TPSA) is 48.1 Å². The standard InChI is InChI=1S/C22H22FN3O/c23-20-7-3-1-5-17(20)9-12-24-22(27)26-13-10-16(11-14-26)19-15-25-21-8-4-2-6-18(19)21/h1-8,10,15,25H,9,11-14H2,(H,24,27). The van der Waals surface area contributed by atoms with Crippen LogP contribution in [-0.4, -0.2) is 35.5 Å². The number of aromatic nitrogens is 1. The molecular weight excluding hydrogens is 341 g/mol. The number of hydrogen-bond acceptors (Lipinski definition) is 1. The molecule has 0 saturated carbocycles. The number of rotatable bonds is 4. The van der Waals surface area contributed by atoms with Crippen LogP contribution in [0.2, 0.25) is 0 Å². The number of aromatic amines is 1. The summed E-state index contributed by atoms with van der Waals surface area (Å²) in [5.74, 6) is -0.226. The third-order valence-electron chi connectivity index (χ3n) is 5.06. The second kappa shape index (κ2) is 7.66. The van der Waals surface area contributed by atoms with E-state index in [1.165, 1.54) is 22.6 Å². The second-order valence-electron chi connectivity index (χ2n) is 6.75. The number of nitrogens with zero attached hydrogens (tertiary/aromatic N) is 1. The van der Waals surface area contributed by atoms with Crippen LogP contribution in [-0.2, 0) is 6.42 Å². The van der Waals surface area contributed by atoms with Crippen molar-refractivity contribution >= 4 is 22.5 Å². The van der Waals surface area contributed by atoms with Crippen LogP contribution in [0.5, 0.6) is 0 Å². The van der Waals surface area contributed by atoms with E-state index in [0.717, 1.165) is 11.9 Å². The first-order chi connectivity index (χ1) is 13.2. The fourth-order valence-corrected chi connectivity index (χ4v) is 3.55. The molecule has 3 aromatic rings. The zero-order valence-corrected chi connectivity index (χ0v) is 15.0. The summed E-state index contributed by atoms with van der Waals surface area (Å²) in [5.41, 5.74) is 4.23. The van der Waals surface area contributed by atoms with Gasteiger partial charge in [-0.3, -0.25) is 0 Å².